The molecule has 7 heteroatoms. The maximum Gasteiger partial charge on any atom is 0.339 e. The van der Waals surface area contributed by atoms with Gasteiger partial charge < -0.3 is 10.4 Å². The summed E-state index contributed by atoms with van der Waals surface area (Å²) in [6.45, 7) is 1.83. The molecular formula is C14H14N2O3S2. The molecule has 2 aromatic heterocycles. The molecule has 0 saturated heterocycles. The van der Waals surface area contributed by atoms with Gasteiger partial charge in [-0.05, 0) is 38.2 Å². The topological polar surface area (TPSA) is 79.3 Å². The van der Waals surface area contributed by atoms with Gasteiger partial charge in [-0.2, -0.15) is 0 Å². The van der Waals surface area contributed by atoms with Crippen LogP contribution in [-0.2, 0) is 12.8 Å². The molecule has 0 aliphatic heterocycles. The molecule has 3 rings (SSSR count). The van der Waals surface area contributed by atoms with Crippen molar-refractivity contribution in [2.24, 2.45) is 0 Å². The van der Waals surface area contributed by atoms with Crippen molar-refractivity contribution >= 4 is 39.6 Å². The highest BCUT2D eigenvalue weighted by Crippen LogP contribution is 2.38. The second-order valence-electron chi connectivity index (χ2n) is 4.92. The van der Waals surface area contributed by atoms with Crippen LogP contribution in [0.4, 0.5) is 5.00 Å². The molecule has 110 valence electrons. The molecule has 5 nitrogen and oxygen atoms in total. The van der Waals surface area contributed by atoms with E-state index >= 15 is 0 Å². The number of rotatable bonds is 3. The number of fused-ring (bicyclic) bond motifs is 1. The number of anilines is 1. The predicted molar refractivity (Wildman–Crippen MR) is 82.7 cm³/mol. The normalized spacial score (nSPS) is 13.8. The highest BCUT2D eigenvalue weighted by atomic mass is 32.1. The first kappa shape index (κ1) is 14.2. The lowest BCUT2D eigenvalue weighted by molar-refractivity contribution is 0.0697. The van der Waals surface area contributed by atoms with Crippen molar-refractivity contribution in [3.8, 4) is 0 Å². The molecule has 21 heavy (non-hydrogen) atoms. The van der Waals surface area contributed by atoms with E-state index in [1.807, 2.05) is 6.92 Å². The molecule has 0 unspecified atom stereocenters. The lowest BCUT2D eigenvalue weighted by atomic mass is 9.95. The molecule has 1 aliphatic rings. The van der Waals surface area contributed by atoms with E-state index in [2.05, 4.69) is 10.3 Å². The van der Waals surface area contributed by atoms with Gasteiger partial charge in [0.15, 0.2) is 0 Å². The standard InChI is InChI=1S/C14H14N2O3S2/c1-7-15-6-10(20-7)12(17)16-13-11(14(18)19)8-4-2-3-5-9(8)21-13/h6H,2-5H2,1H3,(H,16,17)(H,18,19). The fourth-order valence-corrected chi connectivity index (χ4v) is 4.46. The Labute approximate surface area is 129 Å². The van der Waals surface area contributed by atoms with Crippen molar-refractivity contribution in [1.82, 2.24) is 4.98 Å². The number of amides is 1. The Kier molecular flexibility index (Phi) is 3.77. The van der Waals surface area contributed by atoms with E-state index in [-0.39, 0.29) is 11.5 Å². The molecular weight excluding hydrogens is 308 g/mol. The summed E-state index contributed by atoms with van der Waals surface area (Å²) in [5.41, 5.74) is 1.17. The third-order valence-corrected chi connectivity index (χ3v) is 5.58. The summed E-state index contributed by atoms with van der Waals surface area (Å²) >= 11 is 2.69. The van der Waals surface area contributed by atoms with E-state index in [0.717, 1.165) is 41.1 Å². The van der Waals surface area contributed by atoms with Crippen molar-refractivity contribution in [2.75, 3.05) is 5.32 Å². The first-order valence-corrected chi connectivity index (χ1v) is 8.31. The lowest BCUT2D eigenvalue weighted by Gasteiger charge is -2.10. The average Bonchev–Trinajstić information content (AvgIpc) is 3.01. The van der Waals surface area contributed by atoms with Crippen LogP contribution in [0.25, 0.3) is 0 Å². The van der Waals surface area contributed by atoms with Crippen molar-refractivity contribution < 1.29 is 14.7 Å². The molecule has 2 aromatic rings. The van der Waals surface area contributed by atoms with Crippen LogP contribution in [-0.4, -0.2) is 22.0 Å². The van der Waals surface area contributed by atoms with E-state index in [1.165, 1.54) is 28.9 Å². The third-order valence-electron chi connectivity index (χ3n) is 3.46. The summed E-state index contributed by atoms with van der Waals surface area (Å²) in [4.78, 5) is 29.3. The Hall–Kier alpha value is -1.73. The first-order valence-electron chi connectivity index (χ1n) is 6.68. The van der Waals surface area contributed by atoms with Crippen LogP contribution in [0.15, 0.2) is 6.20 Å². The van der Waals surface area contributed by atoms with E-state index < -0.39 is 5.97 Å². The number of aromatic nitrogens is 1. The molecule has 0 radical (unpaired) electrons. The Morgan fingerprint density at radius 2 is 2.05 bits per heavy atom. The summed E-state index contributed by atoms with van der Waals surface area (Å²) < 4.78 is 0. The van der Waals surface area contributed by atoms with Gasteiger partial charge in [-0.3, -0.25) is 4.79 Å². The molecule has 0 atom stereocenters. The zero-order valence-electron chi connectivity index (χ0n) is 11.4. The van der Waals surface area contributed by atoms with Gasteiger partial charge in [0.05, 0.1) is 16.8 Å². The average molecular weight is 322 g/mol. The number of carbonyl (C=O) groups excluding carboxylic acids is 1. The molecule has 0 saturated carbocycles. The van der Waals surface area contributed by atoms with Gasteiger partial charge in [0.25, 0.3) is 5.91 Å². The van der Waals surface area contributed by atoms with Gasteiger partial charge in [0, 0.05) is 4.88 Å². The molecule has 0 bridgehead atoms. The fraction of sp³-hybridized carbons (Fsp3) is 0.357. The molecule has 0 fully saturated rings. The quantitative estimate of drug-likeness (QED) is 0.908. The largest absolute Gasteiger partial charge is 0.478 e. The van der Waals surface area contributed by atoms with Gasteiger partial charge in [0.2, 0.25) is 0 Å². The van der Waals surface area contributed by atoms with Crippen molar-refractivity contribution in [2.45, 2.75) is 32.6 Å². The van der Waals surface area contributed by atoms with Crippen LogP contribution in [0.1, 0.15) is 48.3 Å². The van der Waals surface area contributed by atoms with Gasteiger partial charge in [-0.25, -0.2) is 9.78 Å². The van der Waals surface area contributed by atoms with Crippen molar-refractivity contribution in [3.63, 3.8) is 0 Å². The molecule has 1 amide bonds. The minimum atomic E-state index is -0.967. The number of aryl methyl sites for hydroxylation is 2. The van der Waals surface area contributed by atoms with E-state index in [1.54, 1.807) is 0 Å². The van der Waals surface area contributed by atoms with Crippen LogP contribution in [0.5, 0.6) is 0 Å². The Morgan fingerprint density at radius 1 is 1.29 bits per heavy atom. The van der Waals surface area contributed by atoms with Crippen molar-refractivity contribution in [1.29, 1.82) is 0 Å². The van der Waals surface area contributed by atoms with E-state index in [4.69, 9.17) is 0 Å². The van der Waals surface area contributed by atoms with Crippen molar-refractivity contribution in [3.05, 3.63) is 32.1 Å². The van der Waals surface area contributed by atoms with Gasteiger partial charge in [-0.15, -0.1) is 22.7 Å². The number of carbonyl (C=O) groups is 2. The van der Waals surface area contributed by atoms with Gasteiger partial charge in [0.1, 0.15) is 9.88 Å². The first-order chi connectivity index (χ1) is 10.1. The monoisotopic (exact) mass is 322 g/mol. The van der Waals surface area contributed by atoms with Crippen LogP contribution in [0.3, 0.4) is 0 Å². The molecule has 0 spiro atoms. The Bertz CT molecular complexity index is 718. The lowest BCUT2D eigenvalue weighted by Crippen LogP contribution is -2.13. The molecule has 2 heterocycles. The zero-order valence-corrected chi connectivity index (χ0v) is 13.1. The number of nitrogens with zero attached hydrogens (tertiary/aromatic N) is 1. The zero-order chi connectivity index (χ0) is 15.0. The Balaban J connectivity index is 1.93. The molecule has 1 aliphatic carbocycles. The number of nitrogens with one attached hydrogen (secondary N) is 1. The molecule has 2 N–H and O–H groups in total. The highest BCUT2D eigenvalue weighted by molar-refractivity contribution is 7.17. The van der Waals surface area contributed by atoms with E-state index in [0.29, 0.717) is 9.88 Å². The summed E-state index contributed by atoms with van der Waals surface area (Å²) in [7, 11) is 0. The number of thiophene rings is 1. The highest BCUT2D eigenvalue weighted by Gasteiger charge is 2.26. The minimum Gasteiger partial charge on any atom is -0.478 e. The number of aromatic carboxylic acids is 1. The maximum absolute atomic E-state index is 12.2. The number of carboxylic acid groups (broad SMARTS) is 1. The number of hydrogen-bond acceptors (Lipinski definition) is 5. The maximum atomic E-state index is 12.2. The summed E-state index contributed by atoms with van der Waals surface area (Å²) in [5, 5.41) is 13.5. The fourth-order valence-electron chi connectivity index (χ4n) is 2.51. The number of carboxylic acids is 1. The van der Waals surface area contributed by atoms with Crippen LogP contribution in [0.2, 0.25) is 0 Å². The second-order valence-corrected chi connectivity index (χ2v) is 7.26. The Morgan fingerprint density at radius 3 is 2.71 bits per heavy atom. The summed E-state index contributed by atoms with van der Waals surface area (Å²) in [6.07, 6.45) is 5.28. The van der Waals surface area contributed by atoms with Gasteiger partial charge in [-0.1, -0.05) is 0 Å². The van der Waals surface area contributed by atoms with Crippen LogP contribution < -0.4 is 5.32 Å². The van der Waals surface area contributed by atoms with Crippen LogP contribution in [0, 0.1) is 6.92 Å². The number of hydrogen-bond donors (Lipinski definition) is 2. The predicted octanol–water partition coefficient (Wildman–Crippen LogP) is 3.34. The van der Waals surface area contributed by atoms with Gasteiger partial charge >= 0.3 is 5.97 Å². The van der Waals surface area contributed by atoms with Crippen LogP contribution >= 0.6 is 22.7 Å². The smallest absolute Gasteiger partial charge is 0.339 e. The second kappa shape index (κ2) is 5.57. The minimum absolute atomic E-state index is 0.268. The van der Waals surface area contributed by atoms with E-state index in [9.17, 15) is 14.7 Å². The molecule has 0 aromatic carbocycles. The number of thiazole rings is 1. The summed E-state index contributed by atoms with van der Waals surface area (Å²) in [5.74, 6) is -1.26. The SMILES string of the molecule is Cc1ncc(C(=O)Nc2sc3c(c2C(=O)O)CCCC3)s1. The summed E-state index contributed by atoms with van der Waals surface area (Å²) in [6, 6.07) is 0. The third kappa shape index (κ3) is 2.71.